The van der Waals surface area contributed by atoms with Crippen LogP contribution >= 0.6 is 0 Å². The maximum Gasteiger partial charge on any atom is 0.255 e. The van der Waals surface area contributed by atoms with E-state index in [-0.39, 0.29) is 17.7 Å². The zero-order valence-corrected chi connectivity index (χ0v) is 17.0. The van der Waals surface area contributed by atoms with Crippen LogP contribution in [0.25, 0.3) is 0 Å². The molecule has 0 unspecified atom stereocenters. The minimum Gasteiger partial charge on any atom is -0.343 e. The number of carbonyl (C=O) groups is 2. The minimum absolute atomic E-state index is 0.00627. The first-order chi connectivity index (χ1) is 13.5. The van der Waals surface area contributed by atoms with Gasteiger partial charge in [0, 0.05) is 51.4 Å². The van der Waals surface area contributed by atoms with Gasteiger partial charge in [-0.2, -0.15) is 0 Å². The third-order valence-corrected chi connectivity index (χ3v) is 5.65. The van der Waals surface area contributed by atoms with Gasteiger partial charge in [0.25, 0.3) is 5.91 Å². The van der Waals surface area contributed by atoms with Crippen molar-refractivity contribution in [3.63, 3.8) is 0 Å². The Balaban J connectivity index is 1.58. The monoisotopic (exact) mass is 379 g/mol. The third-order valence-electron chi connectivity index (χ3n) is 5.65. The number of hydrogen-bond donors (Lipinski definition) is 0. The minimum atomic E-state index is -0.00627. The number of piperidine rings is 1. The number of hydrogen-bond acceptors (Lipinski definition) is 3. The molecular weight excluding hydrogens is 350 g/mol. The van der Waals surface area contributed by atoms with E-state index in [2.05, 4.69) is 24.0 Å². The number of rotatable bonds is 5. The number of carbonyl (C=O) groups excluding carboxylic acids is 2. The lowest BCUT2D eigenvalue weighted by molar-refractivity contribution is -0.129. The molecular formula is C23H29N3O2. The molecule has 2 heterocycles. The van der Waals surface area contributed by atoms with Gasteiger partial charge < -0.3 is 9.80 Å². The number of aromatic nitrogens is 1. The number of benzene rings is 1. The van der Waals surface area contributed by atoms with Gasteiger partial charge in [-0.05, 0) is 36.5 Å². The fourth-order valence-electron chi connectivity index (χ4n) is 3.86. The van der Waals surface area contributed by atoms with E-state index in [1.807, 2.05) is 42.3 Å². The topological polar surface area (TPSA) is 53.5 Å². The second kappa shape index (κ2) is 9.00. The first-order valence-electron chi connectivity index (χ1n) is 9.97. The second-order valence-corrected chi connectivity index (χ2v) is 7.75. The fraction of sp³-hybridized carbons (Fsp3) is 0.435. The molecule has 1 aromatic heterocycles. The molecule has 1 saturated heterocycles. The van der Waals surface area contributed by atoms with E-state index in [1.165, 1.54) is 5.56 Å². The largest absolute Gasteiger partial charge is 0.343 e. The van der Waals surface area contributed by atoms with Crippen LogP contribution in [-0.2, 0) is 4.79 Å². The van der Waals surface area contributed by atoms with Crippen LogP contribution in [0.4, 0.5) is 0 Å². The maximum absolute atomic E-state index is 12.8. The molecule has 1 fully saturated rings. The van der Waals surface area contributed by atoms with Gasteiger partial charge in [-0.3, -0.25) is 14.6 Å². The smallest absolute Gasteiger partial charge is 0.255 e. The maximum atomic E-state index is 12.8. The Kier molecular flexibility index (Phi) is 6.45. The van der Waals surface area contributed by atoms with Crippen molar-refractivity contribution in [1.82, 2.24) is 14.8 Å². The van der Waals surface area contributed by atoms with Crippen molar-refractivity contribution in [3.05, 3.63) is 65.5 Å². The standard InChI is InChI=1S/C23H29N3O2/c1-17(19-7-5-4-6-8-19)16-25(3)23(28)21-9-10-22(24-15-21)20-11-13-26(14-12-20)18(2)27/h4-10,15,17,20H,11-14,16H2,1-3H3/t17-/m1/s1. The summed E-state index contributed by atoms with van der Waals surface area (Å²) in [6.07, 6.45) is 3.54. The van der Waals surface area contributed by atoms with Gasteiger partial charge in [-0.25, -0.2) is 0 Å². The van der Waals surface area contributed by atoms with Gasteiger partial charge >= 0.3 is 0 Å². The van der Waals surface area contributed by atoms with Crippen LogP contribution in [0, 0.1) is 0 Å². The molecule has 5 nitrogen and oxygen atoms in total. The molecule has 1 aromatic carbocycles. The number of amides is 2. The average molecular weight is 380 g/mol. The summed E-state index contributed by atoms with van der Waals surface area (Å²) in [5, 5.41) is 0. The average Bonchev–Trinajstić information content (AvgIpc) is 2.74. The van der Waals surface area contributed by atoms with E-state index in [9.17, 15) is 9.59 Å². The Bertz CT molecular complexity index is 796. The molecule has 3 rings (SSSR count). The van der Waals surface area contributed by atoms with Crippen LogP contribution in [0.5, 0.6) is 0 Å². The van der Waals surface area contributed by atoms with E-state index in [4.69, 9.17) is 0 Å². The number of nitrogens with zero attached hydrogens (tertiary/aromatic N) is 3. The molecule has 0 bridgehead atoms. The summed E-state index contributed by atoms with van der Waals surface area (Å²) < 4.78 is 0. The number of pyridine rings is 1. The van der Waals surface area contributed by atoms with Gasteiger partial charge in [-0.1, -0.05) is 37.3 Å². The van der Waals surface area contributed by atoms with Crippen molar-refractivity contribution in [2.45, 2.75) is 38.5 Å². The van der Waals surface area contributed by atoms with Gasteiger partial charge in [0.2, 0.25) is 5.91 Å². The highest BCUT2D eigenvalue weighted by atomic mass is 16.2. The van der Waals surface area contributed by atoms with Crippen LogP contribution < -0.4 is 0 Å². The fourth-order valence-corrected chi connectivity index (χ4v) is 3.86. The van der Waals surface area contributed by atoms with Gasteiger partial charge in [0.1, 0.15) is 0 Å². The van der Waals surface area contributed by atoms with E-state index >= 15 is 0 Å². The van der Waals surface area contributed by atoms with Crippen molar-refractivity contribution in [2.75, 3.05) is 26.7 Å². The third kappa shape index (κ3) is 4.77. The molecule has 1 aliphatic heterocycles. The summed E-state index contributed by atoms with van der Waals surface area (Å²) >= 11 is 0. The van der Waals surface area contributed by atoms with Crippen LogP contribution in [0.3, 0.4) is 0 Å². The number of likely N-dealkylation sites (N-methyl/N-ethyl adjacent to an activating group) is 1. The summed E-state index contributed by atoms with van der Waals surface area (Å²) in [6, 6.07) is 14.1. The quantitative estimate of drug-likeness (QED) is 0.796. The lowest BCUT2D eigenvalue weighted by atomic mass is 9.93. The van der Waals surface area contributed by atoms with Crippen LogP contribution in [0.2, 0.25) is 0 Å². The molecule has 0 saturated carbocycles. The van der Waals surface area contributed by atoms with Crippen LogP contribution in [0.1, 0.15) is 60.1 Å². The molecule has 0 N–H and O–H groups in total. The zero-order chi connectivity index (χ0) is 20.1. The highest BCUT2D eigenvalue weighted by Crippen LogP contribution is 2.27. The Labute approximate surface area is 167 Å². The van der Waals surface area contributed by atoms with E-state index in [0.29, 0.717) is 18.0 Å². The molecule has 148 valence electrons. The summed E-state index contributed by atoms with van der Waals surface area (Å²) in [4.78, 5) is 32.4. The van der Waals surface area contributed by atoms with E-state index in [0.717, 1.165) is 31.6 Å². The zero-order valence-electron chi connectivity index (χ0n) is 17.0. The summed E-state index contributed by atoms with van der Waals surface area (Å²) in [5.74, 6) is 0.762. The van der Waals surface area contributed by atoms with E-state index < -0.39 is 0 Å². The van der Waals surface area contributed by atoms with Crippen molar-refractivity contribution in [3.8, 4) is 0 Å². The van der Waals surface area contributed by atoms with Gasteiger partial charge in [0.15, 0.2) is 0 Å². The lowest BCUT2D eigenvalue weighted by Gasteiger charge is -2.31. The molecule has 28 heavy (non-hydrogen) atoms. The highest BCUT2D eigenvalue weighted by molar-refractivity contribution is 5.93. The Hall–Kier alpha value is -2.69. The second-order valence-electron chi connectivity index (χ2n) is 7.75. The van der Waals surface area contributed by atoms with Crippen molar-refractivity contribution in [2.24, 2.45) is 0 Å². The molecule has 2 amide bonds. The predicted octanol–water partition coefficient (Wildman–Crippen LogP) is 3.68. The molecule has 0 spiro atoms. The summed E-state index contributed by atoms with van der Waals surface area (Å²) in [7, 11) is 1.84. The Morgan fingerprint density at radius 1 is 1.14 bits per heavy atom. The van der Waals surface area contributed by atoms with E-state index in [1.54, 1.807) is 18.0 Å². The SMILES string of the molecule is CC(=O)N1CCC(c2ccc(C(=O)N(C)C[C@@H](C)c3ccccc3)cn2)CC1. The van der Waals surface area contributed by atoms with Crippen molar-refractivity contribution < 1.29 is 9.59 Å². The van der Waals surface area contributed by atoms with Crippen molar-refractivity contribution >= 4 is 11.8 Å². The molecule has 5 heteroatoms. The van der Waals surface area contributed by atoms with Crippen LogP contribution in [-0.4, -0.2) is 53.3 Å². The molecule has 0 radical (unpaired) electrons. The van der Waals surface area contributed by atoms with Gasteiger partial charge in [-0.15, -0.1) is 0 Å². The normalized spacial score (nSPS) is 15.9. The number of likely N-dealkylation sites (tertiary alicyclic amines) is 1. The Morgan fingerprint density at radius 2 is 1.82 bits per heavy atom. The molecule has 1 aliphatic rings. The van der Waals surface area contributed by atoms with Gasteiger partial charge in [0.05, 0.1) is 5.56 Å². The highest BCUT2D eigenvalue weighted by Gasteiger charge is 2.23. The lowest BCUT2D eigenvalue weighted by Crippen LogP contribution is -2.36. The van der Waals surface area contributed by atoms with Crippen molar-refractivity contribution in [1.29, 1.82) is 0 Å². The molecule has 2 aromatic rings. The Morgan fingerprint density at radius 3 is 2.39 bits per heavy atom. The molecule has 0 aliphatic carbocycles. The summed E-state index contributed by atoms with van der Waals surface area (Å²) in [6.45, 7) is 5.97. The molecule has 1 atom stereocenters. The predicted molar refractivity (Wildman–Crippen MR) is 110 cm³/mol. The first kappa shape index (κ1) is 20.1. The van der Waals surface area contributed by atoms with Crippen LogP contribution in [0.15, 0.2) is 48.7 Å². The summed E-state index contributed by atoms with van der Waals surface area (Å²) in [5.41, 5.74) is 2.86. The first-order valence-corrected chi connectivity index (χ1v) is 9.97.